The van der Waals surface area contributed by atoms with Crippen LogP contribution in [0.25, 0.3) is 6.08 Å². The van der Waals surface area contributed by atoms with Crippen molar-refractivity contribution >= 4 is 23.7 Å². The molecule has 2 rings (SSSR count). The van der Waals surface area contributed by atoms with E-state index in [9.17, 15) is 14.4 Å². The third-order valence-corrected chi connectivity index (χ3v) is 5.99. The SMILES string of the molecule is CCC1=C(CC)/C(=C\c2[nH]c(C(=O)CCCCCCC(=O)O)c(CC)c2CC)NC1=O. The van der Waals surface area contributed by atoms with Crippen LogP contribution in [0.4, 0.5) is 0 Å². The largest absolute Gasteiger partial charge is 0.481 e. The number of carboxylic acid groups (broad SMARTS) is 1. The number of aromatic amines is 1. The summed E-state index contributed by atoms with van der Waals surface area (Å²) in [5, 5.41) is 11.7. The van der Waals surface area contributed by atoms with E-state index in [1.807, 2.05) is 13.0 Å². The van der Waals surface area contributed by atoms with Crippen molar-refractivity contribution in [2.75, 3.05) is 0 Å². The Morgan fingerprint density at radius 2 is 1.45 bits per heavy atom. The van der Waals surface area contributed by atoms with Crippen molar-refractivity contribution in [3.05, 3.63) is 39.4 Å². The lowest BCUT2D eigenvalue weighted by molar-refractivity contribution is -0.137. The lowest BCUT2D eigenvalue weighted by Crippen LogP contribution is -2.16. The van der Waals surface area contributed by atoms with Crippen LogP contribution in [0.5, 0.6) is 0 Å². The number of carboxylic acids is 1. The summed E-state index contributed by atoms with van der Waals surface area (Å²) in [5.74, 6) is -0.690. The first kappa shape index (κ1) is 24.6. The molecule has 0 aromatic carbocycles. The normalized spacial score (nSPS) is 15.1. The molecule has 0 fully saturated rings. The van der Waals surface area contributed by atoms with Gasteiger partial charge in [-0.15, -0.1) is 0 Å². The molecule has 0 radical (unpaired) electrons. The molecule has 2 heterocycles. The summed E-state index contributed by atoms with van der Waals surface area (Å²) < 4.78 is 0. The van der Waals surface area contributed by atoms with E-state index < -0.39 is 5.97 Å². The third-order valence-electron chi connectivity index (χ3n) is 5.99. The summed E-state index contributed by atoms with van der Waals surface area (Å²) in [6.07, 6.45) is 8.79. The molecular formula is C25H36N2O4. The fourth-order valence-corrected chi connectivity index (χ4v) is 4.41. The highest BCUT2D eigenvalue weighted by Crippen LogP contribution is 2.30. The number of rotatable bonds is 13. The van der Waals surface area contributed by atoms with E-state index in [-0.39, 0.29) is 18.1 Å². The Bertz CT molecular complexity index is 890. The van der Waals surface area contributed by atoms with E-state index in [0.29, 0.717) is 25.0 Å². The van der Waals surface area contributed by atoms with E-state index in [0.717, 1.165) is 72.2 Å². The van der Waals surface area contributed by atoms with Gasteiger partial charge in [0.05, 0.1) is 5.69 Å². The molecule has 3 N–H and O–H groups in total. The monoisotopic (exact) mass is 428 g/mol. The number of carbonyl (C=O) groups excluding carboxylic acids is 2. The first-order valence-electron chi connectivity index (χ1n) is 11.6. The number of hydrogen-bond acceptors (Lipinski definition) is 3. The number of unbranched alkanes of at least 4 members (excludes halogenated alkanes) is 3. The summed E-state index contributed by atoms with van der Waals surface area (Å²) in [5.41, 5.74) is 6.51. The molecule has 6 nitrogen and oxygen atoms in total. The van der Waals surface area contributed by atoms with Crippen LogP contribution in [0, 0.1) is 0 Å². The smallest absolute Gasteiger partial charge is 0.303 e. The standard InChI is InChI=1S/C25H36N2O4/c1-5-16-18(7-3)24(22(28)13-11-9-10-12-14-23(29)30)26-20(16)15-21-17(6-2)19(8-4)25(31)27-21/h15,26H,5-14H2,1-4H3,(H,27,31)(H,29,30)/b21-15+. The minimum atomic E-state index is -0.769. The Labute approximate surface area is 185 Å². The zero-order valence-corrected chi connectivity index (χ0v) is 19.3. The summed E-state index contributed by atoms with van der Waals surface area (Å²) in [6, 6.07) is 0. The predicted molar refractivity (Wildman–Crippen MR) is 123 cm³/mol. The number of aromatic nitrogens is 1. The zero-order chi connectivity index (χ0) is 23.0. The quantitative estimate of drug-likeness (QED) is 0.292. The van der Waals surface area contributed by atoms with Crippen LogP contribution in [0.2, 0.25) is 0 Å². The molecule has 1 aliphatic rings. The van der Waals surface area contributed by atoms with Gasteiger partial charge in [-0.05, 0) is 61.3 Å². The molecule has 1 aromatic rings. The van der Waals surface area contributed by atoms with Crippen molar-refractivity contribution < 1.29 is 19.5 Å². The van der Waals surface area contributed by atoms with Gasteiger partial charge in [0.15, 0.2) is 5.78 Å². The average Bonchev–Trinajstić information content (AvgIpc) is 3.25. The second kappa shape index (κ2) is 11.7. The van der Waals surface area contributed by atoms with Gasteiger partial charge in [-0.2, -0.15) is 0 Å². The molecule has 0 atom stereocenters. The van der Waals surface area contributed by atoms with E-state index in [4.69, 9.17) is 5.11 Å². The minimum absolute atomic E-state index is 0.0230. The van der Waals surface area contributed by atoms with Gasteiger partial charge in [-0.1, -0.05) is 40.5 Å². The number of nitrogens with one attached hydrogen (secondary N) is 2. The molecule has 0 aliphatic carbocycles. The number of amides is 1. The second-order valence-electron chi connectivity index (χ2n) is 7.99. The minimum Gasteiger partial charge on any atom is -0.481 e. The predicted octanol–water partition coefficient (Wildman–Crippen LogP) is 5.33. The first-order valence-corrected chi connectivity index (χ1v) is 11.6. The number of Topliss-reactive ketones (excluding diaryl/α,β-unsaturated/α-hetero) is 1. The highest BCUT2D eigenvalue weighted by molar-refractivity contribution is 6.01. The average molecular weight is 429 g/mol. The Kier molecular flexibility index (Phi) is 9.28. The van der Waals surface area contributed by atoms with Crippen LogP contribution in [0.1, 0.15) is 106 Å². The van der Waals surface area contributed by atoms with Gasteiger partial charge >= 0.3 is 5.97 Å². The molecule has 1 amide bonds. The van der Waals surface area contributed by atoms with Crippen molar-refractivity contribution in [2.24, 2.45) is 0 Å². The van der Waals surface area contributed by atoms with Crippen molar-refractivity contribution in [3.63, 3.8) is 0 Å². The fraction of sp³-hybridized carbons (Fsp3) is 0.560. The van der Waals surface area contributed by atoms with Crippen molar-refractivity contribution in [1.29, 1.82) is 0 Å². The maximum absolute atomic E-state index is 12.9. The summed E-state index contributed by atoms with van der Waals surface area (Å²) in [7, 11) is 0. The maximum Gasteiger partial charge on any atom is 0.303 e. The molecule has 170 valence electrons. The Hall–Kier alpha value is -2.63. The molecular weight excluding hydrogens is 392 g/mol. The Morgan fingerprint density at radius 3 is 2.00 bits per heavy atom. The summed E-state index contributed by atoms with van der Waals surface area (Å²) >= 11 is 0. The molecule has 0 saturated carbocycles. The molecule has 0 unspecified atom stereocenters. The van der Waals surface area contributed by atoms with Crippen LogP contribution in [-0.4, -0.2) is 27.8 Å². The number of carbonyl (C=O) groups is 3. The van der Waals surface area contributed by atoms with Crippen LogP contribution in [-0.2, 0) is 22.4 Å². The number of aliphatic carboxylic acids is 1. The van der Waals surface area contributed by atoms with Crippen LogP contribution in [0.15, 0.2) is 16.8 Å². The van der Waals surface area contributed by atoms with Gasteiger partial charge in [0.2, 0.25) is 0 Å². The van der Waals surface area contributed by atoms with E-state index in [1.165, 1.54) is 0 Å². The number of H-pyrrole nitrogens is 1. The van der Waals surface area contributed by atoms with E-state index in [2.05, 4.69) is 31.1 Å². The van der Waals surface area contributed by atoms with Crippen molar-refractivity contribution in [2.45, 2.75) is 91.9 Å². The van der Waals surface area contributed by atoms with Gasteiger partial charge in [0, 0.05) is 29.8 Å². The topological polar surface area (TPSA) is 99.3 Å². The molecule has 1 aromatic heterocycles. The van der Waals surface area contributed by atoms with E-state index >= 15 is 0 Å². The molecule has 0 spiro atoms. The summed E-state index contributed by atoms with van der Waals surface area (Å²) in [6.45, 7) is 8.19. The third kappa shape index (κ3) is 5.96. The van der Waals surface area contributed by atoms with Gasteiger partial charge in [-0.25, -0.2) is 0 Å². The van der Waals surface area contributed by atoms with Gasteiger partial charge < -0.3 is 15.4 Å². The molecule has 0 saturated heterocycles. The second-order valence-corrected chi connectivity index (χ2v) is 7.99. The first-order chi connectivity index (χ1) is 14.9. The van der Waals surface area contributed by atoms with Crippen LogP contribution < -0.4 is 5.32 Å². The van der Waals surface area contributed by atoms with E-state index in [1.54, 1.807) is 0 Å². The Balaban J connectivity index is 2.20. The molecule has 1 aliphatic heterocycles. The van der Waals surface area contributed by atoms with Crippen molar-refractivity contribution in [1.82, 2.24) is 10.3 Å². The van der Waals surface area contributed by atoms with Crippen molar-refractivity contribution in [3.8, 4) is 0 Å². The van der Waals surface area contributed by atoms with Gasteiger partial charge in [-0.3, -0.25) is 14.4 Å². The lowest BCUT2D eigenvalue weighted by Gasteiger charge is -2.05. The molecule has 31 heavy (non-hydrogen) atoms. The number of allylic oxidation sites excluding steroid dienone is 1. The highest BCUT2D eigenvalue weighted by atomic mass is 16.4. The van der Waals surface area contributed by atoms with Crippen LogP contribution >= 0.6 is 0 Å². The number of hydrogen-bond donors (Lipinski definition) is 3. The van der Waals surface area contributed by atoms with Gasteiger partial charge in [0.1, 0.15) is 0 Å². The fourth-order valence-electron chi connectivity index (χ4n) is 4.41. The molecule has 0 bridgehead atoms. The molecule has 6 heteroatoms. The number of ketones is 1. The summed E-state index contributed by atoms with van der Waals surface area (Å²) in [4.78, 5) is 39.2. The Morgan fingerprint density at radius 1 is 0.839 bits per heavy atom. The maximum atomic E-state index is 12.9. The van der Waals surface area contributed by atoms with Gasteiger partial charge in [0.25, 0.3) is 5.91 Å². The van der Waals surface area contributed by atoms with Crippen LogP contribution in [0.3, 0.4) is 0 Å². The lowest BCUT2D eigenvalue weighted by atomic mass is 9.98. The highest BCUT2D eigenvalue weighted by Gasteiger charge is 2.26. The zero-order valence-electron chi connectivity index (χ0n) is 19.3.